The number of ether oxygens (including phenoxy) is 1. The summed E-state index contributed by atoms with van der Waals surface area (Å²) in [5.74, 6) is 1.73. The Labute approximate surface area is 183 Å². The summed E-state index contributed by atoms with van der Waals surface area (Å²) in [6.45, 7) is 18.4. The van der Waals surface area contributed by atoms with E-state index in [9.17, 15) is 9.59 Å². The Hall–Kier alpha value is -0.750. The van der Waals surface area contributed by atoms with Crippen molar-refractivity contribution >= 4 is 23.6 Å². The number of amides is 2. The number of rotatable bonds is 16. The SMILES string of the molecule is CC(C)CCCCC(=O)NCC(C)(C)OCC(C)(C)CNC(=O)CCSC(C)C. The van der Waals surface area contributed by atoms with Gasteiger partial charge in [-0.25, -0.2) is 0 Å². The molecule has 0 spiro atoms. The molecule has 0 aromatic carbocycles. The molecule has 0 heterocycles. The second-order valence-corrected chi connectivity index (χ2v) is 11.8. The van der Waals surface area contributed by atoms with Crippen molar-refractivity contribution in [2.45, 2.75) is 98.3 Å². The molecular weight excluding hydrogens is 384 g/mol. The van der Waals surface area contributed by atoms with Crippen LogP contribution in [0.2, 0.25) is 0 Å². The third-order valence-electron chi connectivity index (χ3n) is 4.54. The van der Waals surface area contributed by atoms with Crippen molar-refractivity contribution in [1.29, 1.82) is 0 Å². The third-order valence-corrected chi connectivity index (χ3v) is 5.65. The first-order valence-electron chi connectivity index (χ1n) is 11.1. The molecule has 0 aliphatic heterocycles. The molecule has 0 unspecified atom stereocenters. The maximum Gasteiger partial charge on any atom is 0.220 e. The monoisotopic (exact) mass is 430 g/mol. The van der Waals surface area contributed by atoms with Crippen LogP contribution in [0.5, 0.6) is 0 Å². The molecule has 0 saturated heterocycles. The molecule has 0 saturated carbocycles. The fourth-order valence-electron chi connectivity index (χ4n) is 2.54. The maximum absolute atomic E-state index is 12.0. The molecule has 0 aromatic rings. The Morgan fingerprint density at radius 1 is 0.897 bits per heavy atom. The molecule has 0 fully saturated rings. The normalized spacial score (nSPS) is 12.5. The number of unbranched alkanes of at least 4 members (excludes halogenated alkanes) is 1. The summed E-state index contributed by atoms with van der Waals surface area (Å²) in [7, 11) is 0. The standard InChI is InChI=1S/C23H46N2O3S/c1-18(2)11-9-10-12-20(26)25-16-23(7,8)28-17-22(5,6)15-24-21(27)13-14-29-19(3)4/h18-19H,9-17H2,1-8H3,(H,24,27)(H,25,26). The van der Waals surface area contributed by atoms with Crippen LogP contribution in [0.4, 0.5) is 0 Å². The molecule has 172 valence electrons. The van der Waals surface area contributed by atoms with Crippen molar-refractivity contribution in [2.24, 2.45) is 11.3 Å². The molecule has 5 nitrogen and oxygen atoms in total. The van der Waals surface area contributed by atoms with Gasteiger partial charge in [0, 0.05) is 37.1 Å². The second-order valence-electron chi connectivity index (χ2n) is 10.1. The highest BCUT2D eigenvalue weighted by Gasteiger charge is 2.26. The summed E-state index contributed by atoms with van der Waals surface area (Å²) in [4.78, 5) is 24.0. The van der Waals surface area contributed by atoms with E-state index in [1.54, 1.807) is 11.8 Å². The molecule has 0 aliphatic rings. The number of carbonyl (C=O) groups is 2. The van der Waals surface area contributed by atoms with Gasteiger partial charge in [0.2, 0.25) is 11.8 Å². The lowest BCUT2D eigenvalue weighted by molar-refractivity contribution is -0.124. The molecule has 29 heavy (non-hydrogen) atoms. The fraction of sp³-hybridized carbons (Fsp3) is 0.913. The molecule has 0 aliphatic carbocycles. The lowest BCUT2D eigenvalue weighted by atomic mass is 9.94. The van der Waals surface area contributed by atoms with Crippen LogP contribution >= 0.6 is 11.8 Å². The topological polar surface area (TPSA) is 67.4 Å². The molecule has 0 radical (unpaired) electrons. The predicted molar refractivity (Wildman–Crippen MR) is 125 cm³/mol. The highest BCUT2D eigenvalue weighted by atomic mass is 32.2. The first-order valence-corrected chi connectivity index (χ1v) is 12.2. The van der Waals surface area contributed by atoms with E-state index in [-0.39, 0.29) is 17.2 Å². The van der Waals surface area contributed by atoms with Crippen molar-refractivity contribution in [2.75, 3.05) is 25.4 Å². The first-order chi connectivity index (χ1) is 13.3. The summed E-state index contributed by atoms with van der Waals surface area (Å²) >= 11 is 1.80. The van der Waals surface area contributed by atoms with Gasteiger partial charge in [-0.3, -0.25) is 9.59 Å². The summed E-state index contributed by atoms with van der Waals surface area (Å²) in [5.41, 5.74) is -0.609. The van der Waals surface area contributed by atoms with Crippen molar-refractivity contribution in [3.63, 3.8) is 0 Å². The largest absolute Gasteiger partial charge is 0.373 e. The molecule has 2 N–H and O–H groups in total. The number of thioether (sulfide) groups is 1. The maximum atomic E-state index is 12.0. The average Bonchev–Trinajstić information content (AvgIpc) is 2.60. The zero-order valence-corrected chi connectivity index (χ0v) is 21.0. The summed E-state index contributed by atoms with van der Waals surface area (Å²) < 4.78 is 6.08. The summed E-state index contributed by atoms with van der Waals surface area (Å²) in [6.07, 6.45) is 4.34. The van der Waals surface area contributed by atoms with Gasteiger partial charge in [-0.2, -0.15) is 11.8 Å². The van der Waals surface area contributed by atoms with Crippen LogP contribution in [0.1, 0.15) is 87.5 Å². The van der Waals surface area contributed by atoms with Crippen molar-refractivity contribution < 1.29 is 14.3 Å². The number of hydrogen-bond acceptors (Lipinski definition) is 4. The highest BCUT2D eigenvalue weighted by Crippen LogP contribution is 2.19. The molecule has 0 bridgehead atoms. The van der Waals surface area contributed by atoms with Crippen LogP contribution in [0.25, 0.3) is 0 Å². The Kier molecular flexibility index (Phi) is 13.9. The molecule has 0 rings (SSSR count). The average molecular weight is 431 g/mol. The van der Waals surface area contributed by atoms with E-state index >= 15 is 0 Å². The number of carbonyl (C=O) groups excluding carboxylic acids is 2. The van der Waals surface area contributed by atoms with Crippen LogP contribution in [0.3, 0.4) is 0 Å². The molecular formula is C23H46N2O3S. The zero-order valence-electron chi connectivity index (χ0n) is 20.2. The Bertz CT molecular complexity index is 477. The van der Waals surface area contributed by atoms with Crippen LogP contribution in [-0.2, 0) is 14.3 Å². The van der Waals surface area contributed by atoms with Crippen molar-refractivity contribution in [3.8, 4) is 0 Å². The van der Waals surface area contributed by atoms with Gasteiger partial charge in [-0.1, -0.05) is 54.4 Å². The first kappa shape index (κ1) is 28.2. The van der Waals surface area contributed by atoms with Crippen LogP contribution in [-0.4, -0.2) is 48.1 Å². The van der Waals surface area contributed by atoms with Gasteiger partial charge in [0.25, 0.3) is 0 Å². The quantitative estimate of drug-likeness (QED) is 0.346. The van der Waals surface area contributed by atoms with Gasteiger partial charge in [0.1, 0.15) is 0 Å². The van der Waals surface area contributed by atoms with Crippen LogP contribution in [0, 0.1) is 11.3 Å². The van der Waals surface area contributed by atoms with Crippen molar-refractivity contribution in [3.05, 3.63) is 0 Å². The van der Waals surface area contributed by atoms with Crippen molar-refractivity contribution in [1.82, 2.24) is 10.6 Å². The van der Waals surface area contributed by atoms with E-state index in [1.165, 1.54) is 6.42 Å². The van der Waals surface area contributed by atoms with E-state index in [0.29, 0.717) is 43.7 Å². The zero-order chi connectivity index (χ0) is 22.5. The number of hydrogen-bond donors (Lipinski definition) is 2. The number of nitrogens with one attached hydrogen (secondary N) is 2. The molecule has 0 aromatic heterocycles. The van der Waals surface area contributed by atoms with Gasteiger partial charge in [0.05, 0.1) is 12.2 Å². The molecule has 0 atom stereocenters. The summed E-state index contributed by atoms with van der Waals surface area (Å²) in [6, 6.07) is 0. The fourth-order valence-corrected chi connectivity index (χ4v) is 3.32. The third kappa shape index (κ3) is 17.8. The van der Waals surface area contributed by atoms with Gasteiger partial charge < -0.3 is 15.4 Å². The van der Waals surface area contributed by atoms with Gasteiger partial charge >= 0.3 is 0 Å². The van der Waals surface area contributed by atoms with Crippen LogP contribution in [0.15, 0.2) is 0 Å². The smallest absolute Gasteiger partial charge is 0.220 e. The van der Waals surface area contributed by atoms with E-state index in [4.69, 9.17) is 4.74 Å². The minimum Gasteiger partial charge on any atom is -0.373 e. The lowest BCUT2D eigenvalue weighted by Gasteiger charge is -2.32. The van der Waals surface area contributed by atoms with Gasteiger partial charge in [0.15, 0.2) is 0 Å². The second kappa shape index (κ2) is 14.3. The Morgan fingerprint density at radius 3 is 2.07 bits per heavy atom. The van der Waals surface area contributed by atoms with E-state index < -0.39 is 5.60 Å². The van der Waals surface area contributed by atoms with E-state index in [2.05, 4.69) is 52.2 Å². The van der Waals surface area contributed by atoms with Gasteiger partial charge in [-0.15, -0.1) is 0 Å². The minimum absolute atomic E-state index is 0.0928. The lowest BCUT2D eigenvalue weighted by Crippen LogP contribution is -2.44. The minimum atomic E-state index is -0.442. The van der Waals surface area contributed by atoms with E-state index in [0.717, 1.165) is 18.6 Å². The predicted octanol–water partition coefficient (Wildman–Crippen LogP) is 4.79. The molecule has 2 amide bonds. The Morgan fingerprint density at radius 2 is 1.48 bits per heavy atom. The Balaban J connectivity index is 4.09. The highest BCUT2D eigenvalue weighted by molar-refractivity contribution is 7.99. The van der Waals surface area contributed by atoms with Crippen LogP contribution < -0.4 is 10.6 Å². The van der Waals surface area contributed by atoms with Gasteiger partial charge in [-0.05, 0) is 31.4 Å². The summed E-state index contributed by atoms with van der Waals surface area (Å²) in [5, 5.41) is 6.56. The molecule has 6 heteroatoms. The van der Waals surface area contributed by atoms with E-state index in [1.807, 2.05) is 13.8 Å².